The SMILES string of the molecule is Cc1ccc(C(=O)Oc2ccc(Cl)cc2C)cc1. The van der Waals surface area contributed by atoms with Crippen LogP contribution in [0.3, 0.4) is 0 Å². The first-order valence-corrected chi connectivity index (χ1v) is 5.99. The maximum absolute atomic E-state index is 11.9. The normalized spacial score (nSPS) is 10.2. The Labute approximate surface area is 111 Å². The van der Waals surface area contributed by atoms with Gasteiger partial charge in [-0.2, -0.15) is 0 Å². The van der Waals surface area contributed by atoms with E-state index < -0.39 is 0 Å². The van der Waals surface area contributed by atoms with Crippen LogP contribution in [0.1, 0.15) is 21.5 Å². The quantitative estimate of drug-likeness (QED) is 0.598. The molecule has 0 bridgehead atoms. The first-order valence-electron chi connectivity index (χ1n) is 5.61. The lowest BCUT2D eigenvalue weighted by Gasteiger charge is -2.07. The van der Waals surface area contributed by atoms with E-state index in [0.717, 1.165) is 11.1 Å². The fourth-order valence-corrected chi connectivity index (χ4v) is 1.80. The van der Waals surface area contributed by atoms with Gasteiger partial charge in [0.1, 0.15) is 5.75 Å². The van der Waals surface area contributed by atoms with Crippen molar-refractivity contribution in [2.45, 2.75) is 13.8 Å². The van der Waals surface area contributed by atoms with Crippen molar-refractivity contribution in [1.82, 2.24) is 0 Å². The van der Waals surface area contributed by atoms with Crippen molar-refractivity contribution in [3.8, 4) is 5.75 Å². The van der Waals surface area contributed by atoms with E-state index in [1.54, 1.807) is 30.3 Å². The first kappa shape index (κ1) is 12.7. The minimum atomic E-state index is -0.361. The molecule has 0 aliphatic carbocycles. The van der Waals surface area contributed by atoms with Gasteiger partial charge in [-0.15, -0.1) is 0 Å². The predicted octanol–water partition coefficient (Wildman–Crippen LogP) is 4.18. The molecule has 0 spiro atoms. The second-order valence-electron chi connectivity index (χ2n) is 4.17. The van der Waals surface area contributed by atoms with E-state index in [0.29, 0.717) is 16.3 Å². The molecule has 0 amide bonds. The Morgan fingerprint density at radius 1 is 1.06 bits per heavy atom. The van der Waals surface area contributed by atoms with Gasteiger partial charge in [-0.05, 0) is 49.7 Å². The monoisotopic (exact) mass is 260 g/mol. The molecule has 0 saturated carbocycles. The molecular weight excluding hydrogens is 248 g/mol. The van der Waals surface area contributed by atoms with Gasteiger partial charge in [0.15, 0.2) is 0 Å². The highest BCUT2D eigenvalue weighted by molar-refractivity contribution is 6.30. The third-order valence-corrected chi connectivity index (χ3v) is 2.86. The van der Waals surface area contributed by atoms with E-state index in [2.05, 4.69) is 0 Å². The van der Waals surface area contributed by atoms with Gasteiger partial charge in [0, 0.05) is 5.02 Å². The van der Waals surface area contributed by atoms with E-state index in [4.69, 9.17) is 16.3 Å². The van der Waals surface area contributed by atoms with Crippen LogP contribution in [0.4, 0.5) is 0 Å². The lowest BCUT2D eigenvalue weighted by atomic mass is 10.1. The number of esters is 1. The van der Waals surface area contributed by atoms with Gasteiger partial charge in [-0.3, -0.25) is 0 Å². The zero-order chi connectivity index (χ0) is 13.1. The van der Waals surface area contributed by atoms with Crippen LogP contribution in [-0.2, 0) is 0 Å². The summed E-state index contributed by atoms with van der Waals surface area (Å²) in [6.45, 7) is 3.82. The number of halogens is 1. The summed E-state index contributed by atoms with van der Waals surface area (Å²) in [4.78, 5) is 11.9. The molecule has 3 heteroatoms. The highest BCUT2D eigenvalue weighted by Crippen LogP contribution is 2.22. The Kier molecular flexibility index (Phi) is 3.68. The smallest absolute Gasteiger partial charge is 0.343 e. The minimum absolute atomic E-state index is 0.361. The molecule has 0 aliphatic heterocycles. The van der Waals surface area contributed by atoms with Crippen LogP contribution in [0, 0.1) is 13.8 Å². The standard InChI is InChI=1S/C15H13ClO2/c1-10-3-5-12(6-4-10)15(17)18-14-8-7-13(16)9-11(14)2/h3-9H,1-2H3. The fraction of sp³-hybridized carbons (Fsp3) is 0.133. The molecule has 92 valence electrons. The van der Waals surface area contributed by atoms with Gasteiger partial charge in [-0.1, -0.05) is 29.3 Å². The van der Waals surface area contributed by atoms with Gasteiger partial charge in [-0.25, -0.2) is 4.79 Å². The lowest BCUT2D eigenvalue weighted by Crippen LogP contribution is -2.09. The third-order valence-electron chi connectivity index (χ3n) is 2.63. The number of carbonyl (C=O) groups is 1. The molecule has 2 aromatic carbocycles. The van der Waals surface area contributed by atoms with Crippen molar-refractivity contribution in [3.63, 3.8) is 0 Å². The summed E-state index contributed by atoms with van der Waals surface area (Å²) in [6, 6.07) is 12.4. The zero-order valence-corrected chi connectivity index (χ0v) is 11.0. The average molecular weight is 261 g/mol. The summed E-state index contributed by atoms with van der Waals surface area (Å²) in [5.41, 5.74) is 2.48. The summed E-state index contributed by atoms with van der Waals surface area (Å²) < 4.78 is 5.33. The van der Waals surface area contributed by atoms with Crippen LogP contribution in [0.25, 0.3) is 0 Å². The minimum Gasteiger partial charge on any atom is -0.423 e. The highest BCUT2D eigenvalue weighted by Gasteiger charge is 2.09. The maximum Gasteiger partial charge on any atom is 0.343 e. The number of hydrogen-bond donors (Lipinski definition) is 0. The molecule has 0 saturated heterocycles. The topological polar surface area (TPSA) is 26.3 Å². The van der Waals surface area contributed by atoms with Gasteiger partial charge in [0.25, 0.3) is 0 Å². The molecule has 18 heavy (non-hydrogen) atoms. The zero-order valence-electron chi connectivity index (χ0n) is 10.2. The Morgan fingerprint density at radius 2 is 1.72 bits per heavy atom. The Balaban J connectivity index is 2.18. The summed E-state index contributed by atoms with van der Waals surface area (Å²) in [5, 5.41) is 0.627. The molecule has 0 N–H and O–H groups in total. The number of hydrogen-bond acceptors (Lipinski definition) is 2. The lowest BCUT2D eigenvalue weighted by molar-refractivity contribution is 0.0733. The third kappa shape index (κ3) is 2.90. The van der Waals surface area contributed by atoms with Crippen molar-refractivity contribution < 1.29 is 9.53 Å². The van der Waals surface area contributed by atoms with Crippen LogP contribution < -0.4 is 4.74 Å². The largest absolute Gasteiger partial charge is 0.423 e. The second-order valence-corrected chi connectivity index (χ2v) is 4.60. The summed E-state index contributed by atoms with van der Waals surface area (Å²) >= 11 is 5.85. The van der Waals surface area contributed by atoms with Crippen LogP contribution >= 0.6 is 11.6 Å². The van der Waals surface area contributed by atoms with Crippen LogP contribution in [0.5, 0.6) is 5.75 Å². The second kappa shape index (κ2) is 5.23. The molecule has 2 rings (SSSR count). The number of aryl methyl sites for hydroxylation is 2. The number of rotatable bonds is 2. The van der Waals surface area contributed by atoms with Gasteiger partial charge in [0.2, 0.25) is 0 Å². The van der Waals surface area contributed by atoms with Gasteiger partial charge >= 0.3 is 5.97 Å². The molecule has 2 aromatic rings. The van der Waals surface area contributed by atoms with Crippen molar-refractivity contribution in [3.05, 3.63) is 64.2 Å². The van der Waals surface area contributed by atoms with Crippen molar-refractivity contribution in [1.29, 1.82) is 0 Å². The Bertz CT molecular complexity index is 574. The van der Waals surface area contributed by atoms with Crippen LogP contribution in [-0.4, -0.2) is 5.97 Å². The van der Waals surface area contributed by atoms with E-state index >= 15 is 0 Å². The molecule has 0 heterocycles. The fourth-order valence-electron chi connectivity index (χ4n) is 1.58. The highest BCUT2D eigenvalue weighted by atomic mass is 35.5. The molecule has 0 atom stereocenters. The first-order chi connectivity index (χ1) is 8.56. The van der Waals surface area contributed by atoms with Gasteiger partial charge < -0.3 is 4.74 Å². The van der Waals surface area contributed by atoms with E-state index in [1.807, 2.05) is 26.0 Å². The molecule has 0 aliphatic rings. The average Bonchev–Trinajstić information content (AvgIpc) is 2.33. The molecule has 0 radical (unpaired) electrons. The summed E-state index contributed by atoms with van der Waals surface area (Å²) in [6.07, 6.45) is 0. The van der Waals surface area contributed by atoms with Crippen LogP contribution in [0.2, 0.25) is 5.02 Å². The molecule has 0 unspecified atom stereocenters. The molecule has 2 nitrogen and oxygen atoms in total. The van der Waals surface area contributed by atoms with Crippen molar-refractivity contribution >= 4 is 17.6 Å². The van der Waals surface area contributed by atoms with E-state index in [9.17, 15) is 4.79 Å². The van der Waals surface area contributed by atoms with Crippen LogP contribution in [0.15, 0.2) is 42.5 Å². The number of benzene rings is 2. The van der Waals surface area contributed by atoms with E-state index in [1.165, 1.54) is 0 Å². The van der Waals surface area contributed by atoms with Crippen molar-refractivity contribution in [2.75, 3.05) is 0 Å². The van der Waals surface area contributed by atoms with Crippen molar-refractivity contribution in [2.24, 2.45) is 0 Å². The predicted molar refractivity (Wildman–Crippen MR) is 72.3 cm³/mol. The Hall–Kier alpha value is -1.80. The maximum atomic E-state index is 11.9. The number of ether oxygens (including phenoxy) is 1. The Morgan fingerprint density at radius 3 is 2.33 bits per heavy atom. The number of carbonyl (C=O) groups excluding carboxylic acids is 1. The summed E-state index contributed by atoms with van der Waals surface area (Å²) in [5.74, 6) is 0.172. The van der Waals surface area contributed by atoms with Gasteiger partial charge in [0.05, 0.1) is 5.56 Å². The molecule has 0 fully saturated rings. The molecular formula is C15H13ClO2. The van der Waals surface area contributed by atoms with E-state index in [-0.39, 0.29) is 5.97 Å². The molecule has 0 aromatic heterocycles. The summed E-state index contributed by atoms with van der Waals surface area (Å²) in [7, 11) is 0.